The Morgan fingerprint density at radius 1 is 0.853 bits per heavy atom. The first-order valence-electron chi connectivity index (χ1n) is 10.8. The zero-order chi connectivity index (χ0) is 24.6. The Balaban J connectivity index is 1.49. The van der Waals surface area contributed by atoms with Gasteiger partial charge in [-0.1, -0.05) is 30.3 Å². The van der Waals surface area contributed by atoms with Gasteiger partial charge in [-0.15, -0.1) is 0 Å². The van der Waals surface area contributed by atoms with Gasteiger partial charge in [0, 0.05) is 12.8 Å². The number of hydrogen-bond donors (Lipinski definition) is 3. The molecule has 2 aromatic carbocycles. The molecule has 10 heteroatoms. The van der Waals surface area contributed by atoms with Crippen LogP contribution in [0.15, 0.2) is 54.6 Å². The summed E-state index contributed by atoms with van der Waals surface area (Å²) >= 11 is 4.96. The lowest BCUT2D eigenvalue weighted by Crippen LogP contribution is -2.49. The number of thiocarbonyl (C=S) groups is 1. The minimum absolute atomic E-state index is 0.0636. The van der Waals surface area contributed by atoms with Gasteiger partial charge in [-0.25, -0.2) is 0 Å². The fourth-order valence-corrected chi connectivity index (χ4v) is 2.94. The number of benzene rings is 2. The maximum Gasteiger partial charge on any atom is 0.305 e. The summed E-state index contributed by atoms with van der Waals surface area (Å²) in [5.41, 5.74) is 5.95. The average Bonchev–Trinajstić information content (AvgIpc) is 2.85. The largest absolute Gasteiger partial charge is 0.497 e. The van der Waals surface area contributed by atoms with E-state index in [9.17, 15) is 14.4 Å². The Labute approximate surface area is 204 Å². The molecule has 3 N–H and O–H groups in total. The first-order valence-corrected chi connectivity index (χ1v) is 11.2. The molecule has 0 atom stereocenters. The molecule has 2 amide bonds. The highest BCUT2D eigenvalue weighted by atomic mass is 32.1. The smallest absolute Gasteiger partial charge is 0.305 e. The van der Waals surface area contributed by atoms with E-state index in [0.717, 1.165) is 12.8 Å². The van der Waals surface area contributed by atoms with Gasteiger partial charge in [0.1, 0.15) is 11.5 Å². The molecule has 0 fully saturated rings. The third-order valence-corrected chi connectivity index (χ3v) is 4.70. The van der Waals surface area contributed by atoms with Crippen LogP contribution in [-0.4, -0.2) is 43.2 Å². The average molecular weight is 488 g/mol. The van der Waals surface area contributed by atoms with Crippen LogP contribution in [0.2, 0.25) is 0 Å². The predicted molar refractivity (Wildman–Crippen MR) is 130 cm³/mol. The summed E-state index contributed by atoms with van der Waals surface area (Å²) in [6, 6.07) is 16.7. The molecule has 0 unspecified atom stereocenters. The summed E-state index contributed by atoms with van der Waals surface area (Å²) in [7, 11) is 1.56. The van der Waals surface area contributed by atoms with Crippen molar-refractivity contribution in [1.29, 1.82) is 0 Å². The third-order valence-electron chi connectivity index (χ3n) is 4.50. The first kappa shape index (κ1) is 26.6. The normalized spacial score (nSPS) is 10.0. The van der Waals surface area contributed by atoms with E-state index in [1.807, 2.05) is 30.3 Å². The van der Waals surface area contributed by atoms with Crippen LogP contribution in [0, 0.1) is 0 Å². The molecule has 0 radical (unpaired) electrons. The van der Waals surface area contributed by atoms with Gasteiger partial charge in [0.2, 0.25) is 5.91 Å². The van der Waals surface area contributed by atoms with Crippen LogP contribution in [-0.2, 0) is 25.5 Å². The Bertz CT molecular complexity index is 937. The number of carbonyl (C=O) groups is 3. The van der Waals surface area contributed by atoms with Gasteiger partial charge < -0.3 is 19.5 Å². The number of aryl methyl sites for hydroxylation is 1. The molecule has 0 aliphatic rings. The van der Waals surface area contributed by atoms with Crippen molar-refractivity contribution < 1.29 is 28.6 Å². The van der Waals surface area contributed by atoms with E-state index < -0.39 is 5.91 Å². The van der Waals surface area contributed by atoms with Crippen molar-refractivity contribution in [2.24, 2.45) is 0 Å². The van der Waals surface area contributed by atoms with E-state index in [2.05, 4.69) is 16.2 Å². The molecule has 9 nitrogen and oxygen atoms in total. The first-order chi connectivity index (χ1) is 16.5. The lowest BCUT2D eigenvalue weighted by atomic mass is 10.1. The SMILES string of the molecule is COc1ccc(OCC(=O)NNC(=S)NC(=O)CCCC(=O)OCCCc2ccccc2)cc1. The molecule has 0 bridgehead atoms. The van der Waals surface area contributed by atoms with Crippen molar-refractivity contribution in [1.82, 2.24) is 16.2 Å². The van der Waals surface area contributed by atoms with E-state index in [1.54, 1.807) is 31.4 Å². The van der Waals surface area contributed by atoms with Crippen LogP contribution in [0.5, 0.6) is 11.5 Å². The molecular weight excluding hydrogens is 458 g/mol. The number of esters is 1. The molecule has 0 aromatic heterocycles. The quantitative estimate of drug-likeness (QED) is 0.181. The second-order valence-corrected chi connectivity index (χ2v) is 7.59. The summed E-state index contributed by atoms with van der Waals surface area (Å²) in [6.07, 6.45) is 2.14. The summed E-state index contributed by atoms with van der Waals surface area (Å²) < 4.78 is 15.6. The third kappa shape index (κ3) is 11.3. The predicted octanol–water partition coefficient (Wildman–Crippen LogP) is 2.44. The van der Waals surface area contributed by atoms with Crippen molar-refractivity contribution >= 4 is 35.1 Å². The van der Waals surface area contributed by atoms with E-state index in [4.69, 9.17) is 26.4 Å². The lowest BCUT2D eigenvalue weighted by molar-refractivity contribution is -0.143. The van der Waals surface area contributed by atoms with E-state index >= 15 is 0 Å². The molecule has 0 aliphatic carbocycles. The summed E-state index contributed by atoms with van der Waals surface area (Å²) in [5, 5.41) is 2.36. The fraction of sp³-hybridized carbons (Fsp3) is 0.333. The number of methoxy groups -OCH3 is 1. The molecule has 2 aromatic rings. The molecule has 0 heterocycles. The van der Waals surface area contributed by atoms with Crippen LogP contribution in [0.1, 0.15) is 31.2 Å². The molecule has 2 rings (SSSR count). The highest BCUT2D eigenvalue weighted by Gasteiger charge is 2.09. The van der Waals surface area contributed by atoms with Gasteiger partial charge in [0.25, 0.3) is 5.91 Å². The number of rotatable bonds is 12. The molecular formula is C24H29N3O6S. The zero-order valence-electron chi connectivity index (χ0n) is 19.0. The number of carbonyl (C=O) groups excluding carboxylic acids is 3. The monoisotopic (exact) mass is 487 g/mol. The van der Waals surface area contributed by atoms with Crippen molar-refractivity contribution in [2.75, 3.05) is 20.3 Å². The number of hydrogen-bond acceptors (Lipinski definition) is 7. The van der Waals surface area contributed by atoms with Crippen molar-refractivity contribution in [3.63, 3.8) is 0 Å². The second-order valence-electron chi connectivity index (χ2n) is 7.18. The number of ether oxygens (including phenoxy) is 3. The van der Waals surface area contributed by atoms with Crippen molar-refractivity contribution in [2.45, 2.75) is 32.1 Å². The Hall–Kier alpha value is -3.66. The van der Waals surface area contributed by atoms with E-state index in [-0.39, 0.29) is 36.4 Å². The molecule has 0 spiro atoms. The van der Waals surface area contributed by atoms with Crippen molar-refractivity contribution in [3.8, 4) is 11.5 Å². The van der Waals surface area contributed by atoms with E-state index in [1.165, 1.54) is 5.56 Å². The second kappa shape index (κ2) is 15.2. The highest BCUT2D eigenvalue weighted by molar-refractivity contribution is 7.80. The molecule has 182 valence electrons. The number of hydrazine groups is 1. The standard InChI is InChI=1S/C24H29N3O6S/c1-31-19-12-14-20(15-13-19)33-17-22(29)26-27-24(34)25-21(28)10-5-11-23(30)32-16-6-9-18-7-3-2-4-8-18/h2-4,7-8,12-15H,5-6,9-11,16-17H2,1H3,(H,26,29)(H2,25,27,28,34). The molecule has 0 saturated carbocycles. The van der Waals surface area contributed by atoms with Gasteiger partial charge in [0.05, 0.1) is 13.7 Å². The minimum Gasteiger partial charge on any atom is -0.497 e. The van der Waals surface area contributed by atoms with Crippen LogP contribution in [0.25, 0.3) is 0 Å². The Morgan fingerprint density at radius 2 is 1.56 bits per heavy atom. The maximum atomic E-state index is 11.9. The van der Waals surface area contributed by atoms with Crippen LogP contribution >= 0.6 is 12.2 Å². The lowest BCUT2D eigenvalue weighted by Gasteiger charge is -2.11. The summed E-state index contributed by atoms with van der Waals surface area (Å²) in [4.78, 5) is 35.5. The summed E-state index contributed by atoms with van der Waals surface area (Å²) in [6.45, 7) is 0.0964. The van der Waals surface area contributed by atoms with E-state index in [0.29, 0.717) is 24.5 Å². The molecule has 0 aliphatic heterocycles. The Morgan fingerprint density at radius 3 is 2.26 bits per heavy atom. The summed E-state index contributed by atoms with van der Waals surface area (Å²) in [5.74, 6) is -0.0249. The molecule has 0 saturated heterocycles. The minimum atomic E-state index is -0.484. The van der Waals surface area contributed by atoms with Gasteiger partial charge in [-0.05, 0) is 61.3 Å². The fourth-order valence-electron chi connectivity index (χ4n) is 2.78. The zero-order valence-corrected chi connectivity index (χ0v) is 19.8. The van der Waals surface area contributed by atoms with Crippen molar-refractivity contribution in [3.05, 3.63) is 60.2 Å². The topological polar surface area (TPSA) is 115 Å². The van der Waals surface area contributed by atoms with Gasteiger partial charge in [-0.2, -0.15) is 0 Å². The van der Waals surface area contributed by atoms with Crippen LogP contribution in [0.4, 0.5) is 0 Å². The van der Waals surface area contributed by atoms with Gasteiger partial charge in [-0.3, -0.25) is 25.2 Å². The highest BCUT2D eigenvalue weighted by Crippen LogP contribution is 2.16. The Kier molecular flexibility index (Phi) is 11.9. The van der Waals surface area contributed by atoms with Gasteiger partial charge in [0.15, 0.2) is 11.7 Å². The van der Waals surface area contributed by atoms with Crippen LogP contribution in [0.3, 0.4) is 0 Å². The van der Waals surface area contributed by atoms with Crippen LogP contribution < -0.4 is 25.6 Å². The number of amides is 2. The molecule has 34 heavy (non-hydrogen) atoms. The van der Waals surface area contributed by atoms with Gasteiger partial charge >= 0.3 is 5.97 Å². The maximum absolute atomic E-state index is 11.9. The number of nitrogens with one attached hydrogen (secondary N) is 3.